The summed E-state index contributed by atoms with van der Waals surface area (Å²) >= 11 is 0. The highest BCUT2D eigenvalue weighted by Crippen LogP contribution is 2.70. The summed E-state index contributed by atoms with van der Waals surface area (Å²) in [5.41, 5.74) is -3.15. The van der Waals surface area contributed by atoms with Crippen molar-refractivity contribution in [1.29, 1.82) is 0 Å². The highest BCUT2D eigenvalue weighted by atomic mass is 17.0. The van der Waals surface area contributed by atoms with Gasteiger partial charge in [-0.25, -0.2) is 4.79 Å². The maximum absolute atomic E-state index is 12.3. The summed E-state index contributed by atoms with van der Waals surface area (Å²) in [7, 11) is 0. The summed E-state index contributed by atoms with van der Waals surface area (Å²) < 4.78 is 5.15. The fraction of sp³-hybridized carbons (Fsp3) is 0.870. The molecule has 2 N–H and O–H groups in total. The lowest BCUT2D eigenvalue weighted by atomic mass is 9.41. The zero-order valence-electron chi connectivity index (χ0n) is 19.7. The zero-order valence-corrected chi connectivity index (χ0v) is 19.7. The second-order valence-corrected chi connectivity index (χ2v) is 11.4. The molecular weight excluding hydrogens is 464 g/mol. The predicted molar refractivity (Wildman–Crippen MR) is 116 cm³/mol. The number of aliphatic hydroxyl groups is 2. The van der Waals surface area contributed by atoms with Crippen molar-refractivity contribution in [3.8, 4) is 0 Å². The summed E-state index contributed by atoms with van der Waals surface area (Å²) in [5, 5.41) is 44.5. The molecule has 6 unspecified atom stereocenters. The Labute approximate surface area is 201 Å². The van der Waals surface area contributed by atoms with Crippen LogP contribution in [0.15, 0.2) is 11.6 Å². The maximum Gasteiger partial charge on any atom is 0.331 e. The molecule has 0 amide bonds. The van der Waals surface area contributed by atoms with Crippen LogP contribution in [0.4, 0.5) is 0 Å². The van der Waals surface area contributed by atoms with E-state index in [2.05, 4.69) is 6.92 Å². The Morgan fingerprint density at radius 3 is 2.46 bits per heavy atom. The molecule has 5 aliphatic rings. The molecule has 5 rings (SSSR count). The molecular formula is C23H32N2O10. The molecule has 35 heavy (non-hydrogen) atoms. The van der Waals surface area contributed by atoms with Gasteiger partial charge in [0.05, 0.1) is 11.2 Å². The molecule has 12 nitrogen and oxygen atoms in total. The number of ether oxygens (including phenoxy) is 1. The van der Waals surface area contributed by atoms with Crippen LogP contribution >= 0.6 is 0 Å². The van der Waals surface area contributed by atoms with Crippen molar-refractivity contribution in [2.24, 2.45) is 28.6 Å². The Morgan fingerprint density at radius 1 is 1.06 bits per heavy atom. The molecule has 0 aromatic rings. The van der Waals surface area contributed by atoms with Gasteiger partial charge < -0.3 is 24.6 Å². The summed E-state index contributed by atoms with van der Waals surface area (Å²) in [4.78, 5) is 43.5. The Kier molecular flexibility index (Phi) is 5.55. The van der Waals surface area contributed by atoms with E-state index in [1.807, 2.05) is 0 Å². The molecule has 0 saturated heterocycles. The van der Waals surface area contributed by atoms with E-state index in [0.29, 0.717) is 32.1 Å². The first-order valence-corrected chi connectivity index (χ1v) is 12.3. The normalized spacial score (nSPS) is 46.5. The number of fused-ring (bicyclic) bond motifs is 5. The molecule has 0 spiro atoms. The van der Waals surface area contributed by atoms with Gasteiger partial charge in [0.25, 0.3) is 10.2 Å². The van der Waals surface area contributed by atoms with Gasteiger partial charge >= 0.3 is 5.97 Å². The number of carbonyl (C=O) groups excluding carboxylic acids is 1. The molecule has 4 fully saturated rings. The SMILES string of the molecule is CC12CC[C@H]3[C@@H](CCC4(O)CC(O[N+](=O)[O-])CCC34CO[N+](=O)[O-])C1(O)CCC2C1=CC(=O)OC1. The average Bonchev–Trinajstić information content (AvgIpc) is 3.31. The Balaban J connectivity index is 1.48. The topological polar surface area (TPSA) is 171 Å². The van der Waals surface area contributed by atoms with E-state index in [4.69, 9.17) is 14.4 Å². The third-order valence-corrected chi connectivity index (χ3v) is 10.4. The third-order valence-electron chi connectivity index (χ3n) is 10.4. The minimum absolute atomic E-state index is 0.00378. The van der Waals surface area contributed by atoms with E-state index in [9.17, 15) is 35.2 Å². The first-order valence-electron chi connectivity index (χ1n) is 12.3. The minimum atomic E-state index is -1.44. The smallest absolute Gasteiger partial charge is 0.331 e. The van der Waals surface area contributed by atoms with Crippen LogP contribution in [-0.4, -0.2) is 56.9 Å². The van der Waals surface area contributed by atoms with Crippen molar-refractivity contribution in [3.05, 3.63) is 31.9 Å². The van der Waals surface area contributed by atoms with Gasteiger partial charge in [-0.1, -0.05) is 6.92 Å². The van der Waals surface area contributed by atoms with Crippen LogP contribution in [0.1, 0.15) is 64.7 Å². The number of rotatable bonds is 6. The van der Waals surface area contributed by atoms with Crippen molar-refractivity contribution in [3.63, 3.8) is 0 Å². The van der Waals surface area contributed by atoms with Crippen molar-refractivity contribution in [2.75, 3.05) is 13.2 Å². The molecule has 8 atom stereocenters. The van der Waals surface area contributed by atoms with Gasteiger partial charge in [0.2, 0.25) is 0 Å². The lowest BCUT2D eigenvalue weighted by Gasteiger charge is -2.66. The van der Waals surface area contributed by atoms with Gasteiger partial charge in [-0.2, -0.15) is 0 Å². The lowest BCUT2D eigenvalue weighted by Crippen LogP contribution is -2.69. The van der Waals surface area contributed by atoms with Gasteiger partial charge in [0.15, 0.2) is 0 Å². The monoisotopic (exact) mass is 496 g/mol. The van der Waals surface area contributed by atoms with Crippen LogP contribution in [0.2, 0.25) is 0 Å². The predicted octanol–water partition coefficient (Wildman–Crippen LogP) is 2.12. The van der Waals surface area contributed by atoms with E-state index < -0.39 is 38.3 Å². The van der Waals surface area contributed by atoms with Gasteiger partial charge in [0.1, 0.15) is 19.3 Å². The molecule has 0 aromatic heterocycles. The Bertz CT molecular complexity index is 972. The minimum Gasteiger partial charge on any atom is -0.458 e. The summed E-state index contributed by atoms with van der Waals surface area (Å²) in [5.74, 6) is -0.852. The number of esters is 1. The second kappa shape index (κ2) is 8.02. The van der Waals surface area contributed by atoms with Crippen molar-refractivity contribution in [1.82, 2.24) is 0 Å². The molecule has 1 aliphatic heterocycles. The maximum atomic E-state index is 12.3. The molecule has 4 aliphatic carbocycles. The first kappa shape index (κ1) is 24.2. The molecule has 194 valence electrons. The van der Waals surface area contributed by atoms with Crippen molar-refractivity contribution < 1.29 is 39.6 Å². The molecule has 0 radical (unpaired) electrons. The van der Waals surface area contributed by atoms with Crippen molar-refractivity contribution >= 4 is 5.97 Å². The standard InChI is InChI=1S/C23H32N2O10/c1-20-6-3-17-18(23(20,28)9-5-16(20)14-10-19(26)33-12-14)4-8-22(27)11-15(35-25(31)32)2-7-21(17,22)13-34-24(29)30/h10,15-18,27-28H,2-9,11-13H2,1H3/t15?,16?,17-,18+,20?,21?,22?,23?/m0/s1. The van der Waals surface area contributed by atoms with Crippen molar-refractivity contribution in [2.45, 2.75) is 82.0 Å². The van der Waals surface area contributed by atoms with Gasteiger partial charge in [-0.05, 0) is 74.7 Å². The number of carbonyl (C=O) groups is 1. The van der Waals surface area contributed by atoms with Crippen LogP contribution in [-0.2, 0) is 19.2 Å². The number of cyclic esters (lactones) is 1. The van der Waals surface area contributed by atoms with Crippen LogP contribution in [0, 0.1) is 48.8 Å². The fourth-order valence-corrected chi connectivity index (χ4v) is 8.85. The summed E-state index contributed by atoms with van der Waals surface area (Å²) in [6.07, 6.45) is 4.45. The van der Waals surface area contributed by atoms with Crippen LogP contribution in [0.5, 0.6) is 0 Å². The number of nitrogens with zero attached hydrogens (tertiary/aromatic N) is 2. The van der Waals surface area contributed by atoms with E-state index in [1.165, 1.54) is 6.08 Å². The van der Waals surface area contributed by atoms with E-state index >= 15 is 0 Å². The molecule has 4 saturated carbocycles. The highest BCUT2D eigenvalue weighted by Gasteiger charge is 2.71. The Hall–Kier alpha value is -2.47. The Morgan fingerprint density at radius 2 is 1.80 bits per heavy atom. The van der Waals surface area contributed by atoms with E-state index in [-0.39, 0.29) is 62.6 Å². The average molecular weight is 497 g/mol. The first-order chi connectivity index (χ1) is 16.4. The lowest BCUT2D eigenvalue weighted by molar-refractivity contribution is -0.772. The van der Waals surface area contributed by atoms with E-state index in [0.717, 1.165) is 5.57 Å². The molecule has 0 bridgehead atoms. The molecule has 1 heterocycles. The number of hydrogen-bond donors (Lipinski definition) is 2. The van der Waals surface area contributed by atoms with Gasteiger partial charge in [-0.3, -0.25) is 0 Å². The summed E-state index contributed by atoms with van der Waals surface area (Å²) in [6, 6.07) is 0. The third kappa shape index (κ3) is 3.43. The quantitative estimate of drug-likeness (QED) is 0.315. The zero-order chi connectivity index (χ0) is 25.2. The largest absolute Gasteiger partial charge is 0.458 e. The van der Waals surface area contributed by atoms with Gasteiger partial charge in [0, 0.05) is 23.3 Å². The van der Waals surface area contributed by atoms with Crippen LogP contribution in [0.3, 0.4) is 0 Å². The molecule has 12 heteroatoms. The molecule has 0 aromatic carbocycles. The number of hydrogen-bond acceptors (Lipinski definition) is 10. The van der Waals surface area contributed by atoms with E-state index in [1.54, 1.807) is 0 Å². The van der Waals surface area contributed by atoms with Crippen LogP contribution in [0.25, 0.3) is 0 Å². The second-order valence-electron chi connectivity index (χ2n) is 11.4. The fourth-order valence-electron chi connectivity index (χ4n) is 8.85. The van der Waals surface area contributed by atoms with Crippen LogP contribution < -0.4 is 0 Å². The highest BCUT2D eigenvalue weighted by molar-refractivity contribution is 5.85. The summed E-state index contributed by atoms with van der Waals surface area (Å²) in [6.45, 7) is 1.97. The van der Waals surface area contributed by atoms with Gasteiger partial charge in [-0.15, -0.1) is 20.2 Å².